The topological polar surface area (TPSA) is 69.7 Å². The quantitative estimate of drug-likeness (QED) is 0.633. The Labute approximate surface area is 170 Å². The number of rotatable bonds is 10. The zero-order valence-corrected chi connectivity index (χ0v) is 17.2. The van der Waals surface area contributed by atoms with Crippen LogP contribution in [-0.4, -0.2) is 52.3 Å². The largest absolute Gasteiger partial charge is 0.325 e. The van der Waals surface area contributed by atoms with Gasteiger partial charge >= 0.3 is 0 Å². The Kier molecular flexibility index (Phi) is 8.10. The van der Waals surface area contributed by atoms with E-state index < -0.39 is 28.9 Å². The lowest BCUT2D eigenvalue weighted by atomic mass is 10.3. The molecular formula is C20H25F2N3O3S. The Morgan fingerprint density at radius 3 is 2.41 bits per heavy atom. The molecule has 0 saturated carbocycles. The molecule has 1 N–H and O–H groups in total. The van der Waals surface area contributed by atoms with Crippen LogP contribution >= 0.6 is 0 Å². The van der Waals surface area contributed by atoms with E-state index in [1.807, 2.05) is 6.92 Å². The molecule has 0 atom stereocenters. The highest BCUT2D eigenvalue weighted by Gasteiger charge is 2.22. The first-order valence-electron chi connectivity index (χ1n) is 9.18. The van der Waals surface area contributed by atoms with Crippen LogP contribution in [0.5, 0.6) is 0 Å². The van der Waals surface area contributed by atoms with Gasteiger partial charge in [-0.3, -0.25) is 14.0 Å². The number of hydrogen-bond donors (Lipinski definition) is 1. The lowest BCUT2D eigenvalue weighted by Gasteiger charge is -2.21. The molecule has 29 heavy (non-hydrogen) atoms. The second-order valence-electron chi connectivity index (χ2n) is 6.51. The first kappa shape index (κ1) is 22.8. The number of nitrogens with zero attached hydrogens (tertiary/aromatic N) is 2. The van der Waals surface area contributed by atoms with Crippen molar-refractivity contribution in [2.24, 2.45) is 0 Å². The summed E-state index contributed by atoms with van der Waals surface area (Å²) in [6, 6.07) is 14.5. The van der Waals surface area contributed by atoms with Gasteiger partial charge in [0.15, 0.2) is 0 Å². The summed E-state index contributed by atoms with van der Waals surface area (Å²) >= 11 is 0. The molecule has 0 bridgehead atoms. The van der Waals surface area contributed by atoms with E-state index in [-0.39, 0.29) is 17.1 Å². The standard InChI is InChI=1S/C20H25F2N3O3S/c1-3-12-25(14-19(21)22)15-20(26)23-16-8-7-11-18(13-16)29(27,28)24(2)17-9-5-4-6-10-17/h4-11,13,19H,3,12,14-15H2,1-2H3,(H,23,26). The van der Waals surface area contributed by atoms with Crippen LogP contribution in [0.4, 0.5) is 20.2 Å². The summed E-state index contributed by atoms with van der Waals surface area (Å²) in [5, 5.41) is 2.59. The third-order valence-corrected chi connectivity index (χ3v) is 5.98. The Bertz CT molecular complexity index is 908. The normalized spacial score (nSPS) is 11.7. The number of benzene rings is 2. The maximum Gasteiger partial charge on any atom is 0.264 e. The number of sulfonamides is 1. The highest BCUT2D eigenvalue weighted by atomic mass is 32.2. The molecule has 0 aromatic heterocycles. The van der Waals surface area contributed by atoms with Gasteiger partial charge in [-0.2, -0.15) is 0 Å². The van der Waals surface area contributed by atoms with Crippen molar-refractivity contribution in [2.75, 3.05) is 36.3 Å². The van der Waals surface area contributed by atoms with Gasteiger partial charge in [0.05, 0.1) is 23.7 Å². The maximum atomic E-state index is 12.9. The van der Waals surface area contributed by atoms with E-state index in [0.29, 0.717) is 18.7 Å². The average molecular weight is 426 g/mol. The average Bonchev–Trinajstić information content (AvgIpc) is 2.68. The fourth-order valence-corrected chi connectivity index (χ4v) is 4.06. The molecule has 0 unspecified atom stereocenters. The second-order valence-corrected chi connectivity index (χ2v) is 8.48. The zero-order valence-electron chi connectivity index (χ0n) is 16.4. The number of carbonyl (C=O) groups excluding carboxylic acids is 1. The molecule has 158 valence electrons. The van der Waals surface area contributed by atoms with Crippen molar-refractivity contribution in [1.29, 1.82) is 0 Å². The minimum Gasteiger partial charge on any atom is -0.325 e. The van der Waals surface area contributed by atoms with E-state index in [0.717, 1.165) is 4.31 Å². The van der Waals surface area contributed by atoms with Gasteiger partial charge in [0.25, 0.3) is 16.4 Å². The number of hydrogen-bond acceptors (Lipinski definition) is 4. The van der Waals surface area contributed by atoms with Crippen molar-refractivity contribution < 1.29 is 22.0 Å². The number of amides is 1. The molecule has 0 aliphatic heterocycles. The van der Waals surface area contributed by atoms with E-state index in [9.17, 15) is 22.0 Å². The van der Waals surface area contributed by atoms with Crippen LogP contribution in [-0.2, 0) is 14.8 Å². The minimum atomic E-state index is -3.83. The van der Waals surface area contributed by atoms with Crippen molar-refractivity contribution in [2.45, 2.75) is 24.7 Å². The van der Waals surface area contributed by atoms with Crippen LogP contribution < -0.4 is 9.62 Å². The Balaban J connectivity index is 2.13. The van der Waals surface area contributed by atoms with Crippen molar-refractivity contribution in [3.63, 3.8) is 0 Å². The number of nitrogens with one attached hydrogen (secondary N) is 1. The SMILES string of the molecule is CCCN(CC(=O)Nc1cccc(S(=O)(=O)N(C)c2ccccc2)c1)CC(F)F. The number of para-hydroxylation sites is 1. The van der Waals surface area contributed by atoms with Gasteiger partial charge in [-0.25, -0.2) is 17.2 Å². The fourth-order valence-electron chi connectivity index (χ4n) is 2.82. The van der Waals surface area contributed by atoms with E-state index >= 15 is 0 Å². The van der Waals surface area contributed by atoms with Gasteiger partial charge < -0.3 is 5.32 Å². The summed E-state index contributed by atoms with van der Waals surface area (Å²) in [6.45, 7) is 1.53. The molecule has 0 saturated heterocycles. The van der Waals surface area contributed by atoms with Gasteiger partial charge in [0.1, 0.15) is 0 Å². The summed E-state index contributed by atoms with van der Waals surface area (Å²) in [5.74, 6) is -0.481. The second kappa shape index (κ2) is 10.3. The molecular weight excluding hydrogens is 400 g/mol. The minimum absolute atomic E-state index is 0.0136. The van der Waals surface area contributed by atoms with Crippen LogP contribution in [0.25, 0.3) is 0 Å². The van der Waals surface area contributed by atoms with E-state index in [1.165, 1.54) is 30.1 Å². The summed E-state index contributed by atoms with van der Waals surface area (Å²) in [4.78, 5) is 13.6. The van der Waals surface area contributed by atoms with Crippen LogP contribution in [0.2, 0.25) is 0 Å². The predicted octanol–water partition coefficient (Wildman–Crippen LogP) is 3.43. The lowest BCUT2D eigenvalue weighted by Crippen LogP contribution is -2.37. The molecule has 6 nitrogen and oxygen atoms in total. The molecule has 0 aliphatic carbocycles. The van der Waals surface area contributed by atoms with Gasteiger partial charge in [-0.1, -0.05) is 31.2 Å². The van der Waals surface area contributed by atoms with Crippen molar-refractivity contribution in [1.82, 2.24) is 4.90 Å². The Hall–Kier alpha value is -2.52. The lowest BCUT2D eigenvalue weighted by molar-refractivity contribution is -0.117. The summed E-state index contributed by atoms with van der Waals surface area (Å²) < 4.78 is 52.2. The Morgan fingerprint density at radius 2 is 1.79 bits per heavy atom. The van der Waals surface area contributed by atoms with Gasteiger partial charge in [0, 0.05) is 12.7 Å². The van der Waals surface area contributed by atoms with Crippen LogP contribution in [0.3, 0.4) is 0 Å². The third-order valence-electron chi connectivity index (χ3n) is 4.20. The van der Waals surface area contributed by atoms with Crippen LogP contribution in [0, 0.1) is 0 Å². The molecule has 0 aliphatic rings. The van der Waals surface area contributed by atoms with Crippen molar-refractivity contribution >= 4 is 27.3 Å². The number of anilines is 2. The highest BCUT2D eigenvalue weighted by molar-refractivity contribution is 7.92. The maximum absolute atomic E-state index is 12.9. The third kappa shape index (κ3) is 6.50. The molecule has 2 rings (SSSR count). The monoisotopic (exact) mass is 425 g/mol. The summed E-state index contributed by atoms with van der Waals surface area (Å²) in [5.41, 5.74) is 0.787. The molecule has 2 aromatic rings. The smallest absolute Gasteiger partial charge is 0.264 e. The summed E-state index contributed by atoms with van der Waals surface area (Å²) in [7, 11) is -2.38. The molecule has 1 amide bonds. The van der Waals surface area contributed by atoms with Crippen LogP contribution in [0.1, 0.15) is 13.3 Å². The van der Waals surface area contributed by atoms with Crippen molar-refractivity contribution in [3.05, 3.63) is 54.6 Å². The van der Waals surface area contributed by atoms with Gasteiger partial charge in [-0.05, 0) is 43.3 Å². The zero-order chi connectivity index (χ0) is 21.4. The van der Waals surface area contributed by atoms with E-state index in [2.05, 4.69) is 5.32 Å². The molecule has 0 heterocycles. The first-order chi connectivity index (χ1) is 13.7. The number of alkyl halides is 2. The highest BCUT2D eigenvalue weighted by Crippen LogP contribution is 2.23. The van der Waals surface area contributed by atoms with Gasteiger partial charge in [-0.15, -0.1) is 0 Å². The number of carbonyl (C=O) groups is 1. The molecule has 9 heteroatoms. The van der Waals surface area contributed by atoms with Crippen LogP contribution in [0.15, 0.2) is 59.5 Å². The molecule has 0 spiro atoms. The summed E-state index contributed by atoms with van der Waals surface area (Å²) in [6.07, 6.45) is -1.89. The molecule has 0 fully saturated rings. The van der Waals surface area contributed by atoms with E-state index in [1.54, 1.807) is 36.4 Å². The fraction of sp³-hybridized carbons (Fsp3) is 0.350. The molecule has 0 radical (unpaired) electrons. The first-order valence-corrected chi connectivity index (χ1v) is 10.6. The Morgan fingerprint density at radius 1 is 1.10 bits per heavy atom. The predicted molar refractivity (Wildman–Crippen MR) is 110 cm³/mol. The van der Waals surface area contributed by atoms with E-state index in [4.69, 9.17) is 0 Å². The number of halogens is 2. The van der Waals surface area contributed by atoms with Crippen molar-refractivity contribution in [3.8, 4) is 0 Å². The van der Waals surface area contributed by atoms with Gasteiger partial charge in [0.2, 0.25) is 5.91 Å². The molecule has 2 aromatic carbocycles.